The summed E-state index contributed by atoms with van der Waals surface area (Å²) in [7, 11) is 0. The summed E-state index contributed by atoms with van der Waals surface area (Å²) in [6, 6.07) is 8.16. The van der Waals surface area contributed by atoms with Crippen LogP contribution in [0.25, 0.3) is 0 Å². The van der Waals surface area contributed by atoms with E-state index in [1.165, 1.54) is 4.90 Å². The Bertz CT molecular complexity index is 1400. The minimum Gasteiger partial charge on any atom is -0.508 e. The zero-order valence-electron chi connectivity index (χ0n) is 26.7. The summed E-state index contributed by atoms with van der Waals surface area (Å²) in [6.07, 6.45) is 2.42. The molecule has 0 bridgehead atoms. The van der Waals surface area contributed by atoms with Crippen molar-refractivity contribution in [1.82, 2.24) is 20.1 Å². The third-order valence-electron chi connectivity index (χ3n) is 8.69. The fourth-order valence-electron chi connectivity index (χ4n) is 5.95. The van der Waals surface area contributed by atoms with Crippen LogP contribution in [0.4, 0.5) is 16.4 Å². The molecule has 45 heavy (non-hydrogen) atoms. The summed E-state index contributed by atoms with van der Waals surface area (Å²) in [6.45, 7) is 9.71. The number of hydrogen-bond acceptors (Lipinski definition) is 9. The number of piperazine rings is 1. The molecule has 0 spiro atoms. The van der Waals surface area contributed by atoms with Gasteiger partial charge in [-0.15, -0.1) is 0 Å². The normalized spacial score (nSPS) is 19.3. The van der Waals surface area contributed by atoms with Gasteiger partial charge in [-0.3, -0.25) is 14.5 Å². The topological polar surface area (TPSA) is 148 Å². The maximum absolute atomic E-state index is 13.5. The average Bonchev–Trinajstić information content (AvgIpc) is 2.99. The number of phenols is 1. The van der Waals surface area contributed by atoms with E-state index in [1.54, 1.807) is 51.1 Å². The van der Waals surface area contributed by atoms with E-state index < -0.39 is 23.8 Å². The first-order chi connectivity index (χ1) is 21.4. The number of pyridine rings is 1. The summed E-state index contributed by atoms with van der Waals surface area (Å²) in [5.41, 5.74) is 1.37. The van der Waals surface area contributed by atoms with Crippen LogP contribution in [0.3, 0.4) is 0 Å². The molecule has 3 heterocycles. The molecule has 5 rings (SSSR count). The van der Waals surface area contributed by atoms with E-state index >= 15 is 0 Å². The number of nitrogens with one attached hydrogen (secondary N) is 2. The summed E-state index contributed by atoms with van der Waals surface area (Å²) in [4.78, 5) is 49.1. The molecule has 3 amide bonds. The van der Waals surface area contributed by atoms with Crippen LogP contribution >= 0.6 is 0 Å². The van der Waals surface area contributed by atoms with Gasteiger partial charge in [-0.25, -0.2) is 9.78 Å². The van der Waals surface area contributed by atoms with Crippen LogP contribution in [0.1, 0.15) is 74.9 Å². The number of rotatable bonds is 8. The molecule has 0 radical (unpaired) electrons. The highest BCUT2D eigenvalue weighted by molar-refractivity contribution is 5.95. The number of aromatic nitrogens is 1. The number of benzene rings is 1. The Morgan fingerprint density at radius 2 is 1.80 bits per heavy atom. The first-order valence-corrected chi connectivity index (χ1v) is 16.0. The number of anilines is 2. The van der Waals surface area contributed by atoms with Crippen molar-refractivity contribution in [2.45, 2.75) is 90.1 Å². The SMILES string of the molecule is CCC(=O)N1CCN(c2cc(C(=O)NC[C@@H](O)[C@@H]3Cc4ccc(O)cc4CN3C(=O)OC(C)(C)C)cc(NC3CCC3)n2)CC1. The Balaban J connectivity index is 1.30. The third-order valence-corrected chi connectivity index (χ3v) is 8.69. The first kappa shape index (κ1) is 32.3. The van der Waals surface area contributed by atoms with Crippen molar-refractivity contribution in [3.63, 3.8) is 0 Å². The van der Waals surface area contributed by atoms with E-state index in [0.29, 0.717) is 62.3 Å². The lowest BCUT2D eigenvalue weighted by molar-refractivity contribution is -0.131. The standard InChI is InChI=1S/C33H46N6O6/c1-5-30(42)38-13-11-37(12-14-38)29-18-22(17-28(36-29)35-24-7-6-8-24)31(43)34-19-27(41)26-16-21-9-10-25(40)15-23(21)20-39(26)32(44)45-33(2,3)4/h9-10,15,17-18,24,26-27,40-41H,5-8,11-14,16,19-20H2,1-4H3,(H,34,43)(H,35,36)/t26-,27+/m0/s1. The molecule has 12 heteroatoms. The third kappa shape index (κ3) is 7.97. The van der Waals surface area contributed by atoms with Crippen molar-refractivity contribution in [2.24, 2.45) is 0 Å². The molecular weight excluding hydrogens is 576 g/mol. The van der Waals surface area contributed by atoms with Crippen molar-refractivity contribution in [3.05, 3.63) is 47.0 Å². The van der Waals surface area contributed by atoms with Crippen LogP contribution in [0.15, 0.2) is 30.3 Å². The number of carbonyl (C=O) groups excluding carboxylic acids is 3. The first-order valence-electron chi connectivity index (χ1n) is 16.0. The van der Waals surface area contributed by atoms with E-state index in [9.17, 15) is 24.6 Å². The second-order valence-electron chi connectivity index (χ2n) is 13.2. The number of aliphatic hydroxyl groups excluding tert-OH is 1. The zero-order valence-corrected chi connectivity index (χ0v) is 26.7. The van der Waals surface area contributed by atoms with Crippen molar-refractivity contribution in [2.75, 3.05) is 42.9 Å². The summed E-state index contributed by atoms with van der Waals surface area (Å²) >= 11 is 0. The van der Waals surface area contributed by atoms with E-state index in [1.807, 2.05) is 11.8 Å². The monoisotopic (exact) mass is 622 g/mol. The Kier molecular flexibility index (Phi) is 9.71. The second-order valence-corrected chi connectivity index (χ2v) is 13.2. The maximum atomic E-state index is 13.5. The smallest absolute Gasteiger partial charge is 0.410 e. The quantitative estimate of drug-likeness (QED) is 0.348. The number of ether oxygens (including phenoxy) is 1. The molecular formula is C33H46N6O6. The average molecular weight is 623 g/mol. The van der Waals surface area contributed by atoms with E-state index in [0.717, 1.165) is 30.4 Å². The van der Waals surface area contributed by atoms with E-state index in [2.05, 4.69) is 15.5 Å². The van der Waals surface area contributed by atoms with Gasteiger partial charge in [0.15, 0.2) is 0 Å². The fraction of sp³-hybridized carbons (Fsp3) is 0.576. The van der Waals surface area contributed by atoms with Crippen molar-refractivity contribution in [3.8, 4) is 5.75 Å². The molecule has 1 aromatic heterocycles. The van der Waals surface area contributed by atoms with Gasteiger partial charge >= 0.3 is 6.09 Å². The lowest BCUT2D eigenvalue weighted by atomic mass is 9.91. The van der Waals surface area contributed by atoms with Gasteiger partial charge in [-0.05, 0) is 81.8 Å². The number of nitrogens with zero attached hydrogens (tertiary/aromatic N) is 4. The number of aromatic hydroxyl groups is 1. The van der Waals surface area contributed by atoms with Gasteiger partial charge in [0.05, 0.1) is 12.1 Å². The van der Waals surface area contributed by atoms with Crippen molar-refractivity contribution >= 4 is 29.5 Å². The van der Waals surface area contributed by atoms with Gasteiger partial charge in [-0.2, -0.15) is 0 Å². The molecule has 2 aliphatic heterocycles. The maximum Gasteiger partial charge on any atom is 0.410 e. The Morgan fingerprint density at radius 1 is 1.07 bits per heavy atom. The number of amides is 3. The minimum atomic E-state index is -1.08. The van der Waals surface area contributed by atoms with Crippen LogP contribution in [-0.4, -0.2) is 99.4 Å². The molecule has 3 aliphatic rings. The minimum absolute atomic E-state index is 0.0862. The molecule has 4 N–H and O–H groups in total. The van der Waals surface area contributed by atoms with Crippen LogP contribution in [-0.2, 0) is 22.5 Å². The van der Waals surface area contributed by atoms with Crippen LogP contribution in [0, 0.1) is 0 Å². The van der Waals surface area contributed by atoms with Gasteiger partial charge in [0.1, 0.15) is 23.0 Å². The van der Waals surface area contributed by atoms with Gasteiger partial charge in [-0.1, -0.05) is 13.0 Å². The van der Waals surface area contributed by atoms with Gasteiger partial charge in [0.25, 0.3) is 5.91 Å². The molecule has 1 saturated heterocycles. The molecule has 2 atom stereocenters. The molecule has 2 aromatic rings. The predicted octanol–water partition coefficient (Wildman–Crippen LogP) is 3.26. The lowest BCUT2D eigenvalue weighted by Crippen LogP contribution is -2.54. The Labute approximate surface area is 264 Å². The summed E-state index contributed by atoms with van der Waals surface area (Å²) in [5, 5.41) is 27.7. The van der Waals surface area contributed by atoms with Crippen molar-refractivity contribution in [1.29, 1.82) is 0 Å². The van der Waals surface area contributed by atoms with Crippen LogP contribution in [0.2, 0.25) is 0 Å². The van der Waals surface area contributed by atoms with Crippen molar-refractivity contribution < 1.29 is 29.3 Å². The lowest BCUT2D eigenvalue weighted by Gasteiger charge is -2.40. The number of aliphatic hydroxyl groups is 1. The predicted molar refractivity (Wildman–Crippen MR) is 170 cm³/mol. The number of carbonyl (C=O) groups is 3. The number of hydrogen-bond donors (Lipinski definition) is 4. The van der Waals surface area contributed by atoms with Gasteiger partial charge in [0, 0.05) is 57.3 Å². The highest BCUT2D eigenvalue weighted by Gasteiger charge is 2.37. The number of phenolic OH excluding ortho intramolecular Hbond substituents is 1. The van der Waals surface area contributed by atoms with E-state index in [-0.39, 0.29) is 30.7 Å². The summed E-state index contributed by atoms with van der Waals surface area (Å²) < 4.78 is 5.64. The van der Waals surface area contributed by atoms with E-state index in [4.69, 9.17) is 9.72 Å². The molecule has 12 nitrogen and oxygen atoms in total. The zero-order chi connectivity index (χ0) is 32.3. The van der Waals surface area contributed by atoms with Crippen LogP contribution in [0.5, 0.6) is 5.75 Å². The highest BCUT2D eigenvalue weighted by Crippen LogP contribution is 2.30. The van der Waals surface area contributed by atoms with Gasteiger partial charge in [0.2, 0.25) is 5.91 Å². The summed E-state index contributed by atoms with van der Waals surface area (Å²) in [5.74, 6) is 1.16. The van der Waals surface area contributed by atoms with Crippen LogP contribution < -0.4 is 15.5 Å². The Morgan fingerprint density at radius 3 is 2.44 bits per heavy atom. The number of fused-ring (bicyclic) bond motifs is 1. The molecule has 1 aromatic carbocycles. The molecule has 1 saturated carbocycles. The van der Waals surface area contributed by atoms with Gasteiger partial charge < -0.3 is 35.4 Å². The highest BCUT2D eigenvalue weighted by atomic mass is 16.6. The second kappa shape index (κ2) is 13.5. The molecule has 1 aliphatic carbocycles. The molecule has 2 fully saturated rings. The molecule has 244 valence electrons. The Hall–Kier alpha value is -4.06. The fourth-order valence-corrected chi connectivity index (χ4v) is 5.95. The largest absolute Gasteiger partial charge is 0.508 e. The molecule has 0 unspecified atom stereocenters.